The lowest BCUT2D eigenvalue weighted by Gasteiger charge is -2.06. The summed E-state index contributed by atoms with van der Waals surface area (Å²) in [6, 6.07) is 16.9. The third kappa shape index (κ3) is 5.26. The van der Waals surface area contributed by atoms with Crippen LogP contribution >= 0.6 is 11.8 Å². The largest absolute Gasteiger partial charge is 0.469 e. The van der Waals surface area contributed by atoms with E-state index in [4.69, 9.17) is 0 Å². The quantitative estimate of drug-likeness (QED) is 0.657. The number of hydrogen-bond acceptors (Lipinski definition) is 4. The minimum atomic E-state index is -0.281. The molecular formula is C17H17NO3S. The normalized spacial score (nSPS) is 10.0. The molecule has 0 spiro atoms. The number of rotatable bonds is 6. The Hall–Kier alpha value is -2.27. The van der Waals surface area contributed by atoms with E-state index in [2.05, 4.69) is 10.1 Å². The first-order chi connectivity index (χ1) is 10.7. The van der Waals surface area contributed by atoms with Crippen LogP contribution in [0.4, 0.5) is 5.69 Å². The fourth-order valence-electron chi connectivity index (χ4n) is 1.81. The summed E-state index contributed by atoms with van der Waals surface area (Å²) in [4.78, 5) is 24.1. The van der Waals surface area contributed by atoms with Crippen molar-refractivity contribution in [1.82, 2.24) is 0 Å². The summed E-state index contributed by atoms with van der Waals surface area (Å²) in [6.07, 6.45) is 0.231. The maximum atomic E-state index is 11.9. The van der Waals surface area contributed by atoms with Crippen molar-refractivity contribution in [3.05, 3.63) is 60.2 Å². The summed E-state index contributed by atoms with van der Waals surface area (Å²) in [5, 5.41) is 2.83. The first kappa shape index (κ1) is 16.1. The average Bonchev–Trinajstić information content (AvgIpc) is 2.55. The van der Waals surface area contributed by atoms with Crippen LogP contribution in [0.25, 0.3) is 0 Å². The van der Waals surface area contributed by atoms with Gasteiger partial charge >= 0.3 is 5.97 Å². The topological polar surface area (TPSA) is 55.4 Å². The lowest BCUT2D eigenvalue weighted by molar-refractivity contribution is -0.139. The highest BCUT2D eigenvalue weighted by Crippen LogP contribution is 2.17. The van der Waals surface area contributed by atoms with Gasteiger partial charge in [-0.1, -0.05) is 30.3 Å². The van der Waals surface area contributed by atoms with Crippen molar-refractivity contribution >= 4 is 29.3 Å². The van der Waals surface area contributed by atoms with E-state index in [-0.39, 0.29) is 18.3 Å². The van der Waals surface area contributed by atoms with Gasteiger partial charge < -0.3 is 10.1 Å². The third-order valence-corrected chi connectivity index (χ3v) is 3.94. The standard InChI is InChI=1S/C17H17NO3S/c1-21-17(20)11-13-7-9-14(10-8-13)18-16(19)12-22-15-5-3-2-4-6-15/h2-10H,11-12H2,1H3,(H,18,19). The minimum absolute atomic E-state index is 0.0606. The summed E-state index contributed by atoms with van der Waals surface area (Å²) in [5.74, 6) is 0.0131. The van der Waals surface area contributed by atoms with E-state index in [9.17, 15) is 9.59 Å². The van der Waals surface area contributed by atoms with Gasteiger partial charge in [-0.05, 0) is 29.8 Å². The SMILES string of the molecule is COC(=O)Cc1ccc(NC(=O)CSc2ccccc2)cc1. The maximum absolute atomic E-state index is 11.9. The summed E-state index contributed by atoms with van der Waals surface area (Å²) in [6.45, 7) is 0. The average molecular weight is 315 g/mol. The van der Waals surface area contributed by atoms with Crippen LogP contribution in [-0.4, -0.2) is 24.7 Å². The Morgan fingerprint density at radius 3 is 2.36 bits per heavy atom. The van der Waals surface area contributed by atoms with Crippen LogP contribution < -0.4 is 5.32 Å². The second-order valence-electron chi connectivity index (χ2n) is 4.60. The Labute approximate surface area is 133 Å². The van der Waals surface area contributed by atoms with Gasteiger partial charge in [-0.3, -0.25) is 9.59 Å². The number of carbonyl (C=O) groups is 2. The van der Waals surface area contributed by atoms with Crippen LogP contribution in [0.5, 0.6) is 0 Å². The predicted octanol–water partition coefficient (Wildman–Crippen LogP) is 3.13. The minimum Gasteiger partial charge on any atom is -0.469 e. The number of amides is 1. The highest BCUT2D eigenvalue weighted by molar-refractivity contribution is 8.00. The zero-order chi connectivity index (χ0) is 15.8. The van der Waals surface area contributed by atoms with Gasteiger partial charge in [0.05, 0.1) is 19.3 Å². The van der Waals surface area contributed by atoms with Gasteiger partial charge in [-0.2, -0.15) is 0 Å². The van der Waals surface area contributed by atoms with Gasteiger partial charge in [0.25, 0.3) is 0 Å². The molecule has 0 radical (unpaired) electrons. The molecule has 22 heavy (non-hydrogen) atoms. The third-order valence-electron chi connectivity index (χ3n) is 2.93. The monoisotopic (exact) mass is 315 g/mol. The number of methoxy groups -OCH3 is 1. The van der Waals surface area contributed by atoms with Crippen molar-refractivity contribution in [3.63, 3.8) is 0 Å². The van der Waals surface area contributed by atoms with E-state index < -0.39 is 0 Å². The van der Waals surface area contributed by atoms with Gasteiger partial charge in [-0.15, -0.1) is 11.8 Å². The number of thioether (sulfide) groups is 1. The van der Waals surface area contributed by atoms with E-state index in [1.807, 2.05) is 30.3 Å². The lowest BCUT2D eigenvalue weighted by Crippen LogP contribution is -2.14. The summed E-state index contributed by atoms with van der Waals surface area (Å²) < 4.78 is 4.61. The number of nitrogens with one attached hydrogen (secondary N) is 1. The van der Waals surface area contributed by atoms with Gasteiger partial charge in [0.1, 0.15) is 0 Å². The Morgan fingerprint density at radius 1 is 1.05 bits per heavy atom. The number of anilines is 1. The van der Waals surface area contributed by atoms with E-state index in [0.29, 0.717) is 11.4 Å². The van der Waals surface area contributed by atoms with Crippen LogP contribution in [-0.2, 0) is 20.7 Å². The Balaban J connectivity index is 1.82. The zero-order valence-electron chi connectivity index (χ0n) is 12.2. The van der Waals surface area contributed by atoms with Crippen LogP contribution in [0.2, 0.25) is 0 Å². The molecule has 2 aromatic rings. The molecule has 0 aliphatic rings. The van der Waals surface area contributed by atoms with Crippen molar-refractivity contribution in [3.8, 4) is 0 Å². The summed E-state index contributed by atoms with van der Waals surface area (Å²) in [7, 11) is 1.36. The first-order valence-electron chi connectivity index (χ1n) is 6.81. The fourth-order valence-corrected chi connectivity index (χ4v) is 2.53. The maximum Gasteiger partial charge on any atom is 0.309 e. The van der Waals surface area contributed by atoms with Crippen LogP contribution in [0.15, 0.2) is 59.5 Å². The molecule has 0 unspecified atom stereocenters. The van der Waals surface area contributed by atoms with Gasteiger partial charge in [0.15, 0.2) is 0 Å². The molecule has 0 fully saturated rings. The molecule has 0 saturated heterocycles. The van der Waals surface area contributed by atoms with Crippen molar-refractivity contribution < 1.29 is 14.3 Å². The molecule has 0 aliphatic heterocycles. The Kier molecular flexibility index (Phi) is 6.03. The van der Waals surface area contributed by atoms with E-state index in [1.165, 1.54) is 18.9 Å². The van der Waals surface area contributed by atoms with Crippen LogP contribution in [0.1, 0.15) is 5.56 Å². The van der Waals surface area contributed by atoms with Crippen molar-refractivity contribution in [2.45, 2.75) is 11.3 Å². The Morgan fingerprint density at radius 2 is 1.73 bits per heavy atom. The van der Waals surface area contributed by atoms with Gasteiger partial charge in [0.2, 0.25) is 5.91 Å². The van der Waals surface area contributed by atoms with Gasteiger partial charge in [0, 0.05) is 10.6 Å². The number of carbonyl (C=O) groups excluding carboxylic acids is 2. The van der Waals surface area contributed by atoms with Crippen molar-refractivity contribution in [1.29, 1.82) is 0 Å². The molecule has 0 saturated carbocycles. The molecule has 114 valence electrons. The highest BCUT2D eigenvalue weighted by atomic mass is 32.2. The van der Waals surface area contributed by atoms with Crippen molar-refractivity contribution in [2.75, 3.05) is 18.2 Å². The molecule has 4 nitrogen and oxygen atoms in total. The number of hydrogen-bond donors (Lipinski definition) is 1. The number of ether oxygens (including phenoxy) is 1. The van der Waals surface area contributed by atoms with Gasteiger partial charge in [-0.25, -0.2) is 0 Å². The molecule has 0 atom stereocenters. The zero-order valence-corrected chi connectivity index (χ0v) is 13.1. The Bertz CT molecular complexity index is 626. The first-order valence-corrected chi connectivity index (χ1v) is 7.79. The molecule has 2 rings (SSSR count). The second kappa shape index (κ2) is 8.24. The molecule has 1 N–H and O–H groups in total. The molecule has 2 aromatic carbocycles. The fraction of sp³-hybridized carbons (Fsp3) is 0.176. The lowest BCUT2D eigenvalue weighted by atomic mass is 10.1. The number of benzene rings is 2. The molecule has 0 bridgehead atoms. The van der Waals surface area contributed by atoms with Crippen LogP contribution in [0, 0.1) is 0 Å². The molecule has 0 aromatic heterocycles. The van der Waals surface area contributed by atoms with Crippen LogP contribution in [0.3, 0.4) is 0 Å². The molecule has 5 heteroatoms. The summed E-state index contributed by atoms with van der Waals surface area (Å²) >= 11 is 1.49. The van der Waals surface area contributed by atoms with E-state index in [0.717, 1.165) is 10.5 Å². The molecule has 1 amide bonds. The van der Waals surface area contributed by atoms with E-state index >= 15 is 0 Å². The molecule has 0 heterocycles. The summed E-state index contributed by atoms with van der Waals surface area (Å²) in [5.41, 5.74) is 1.57. The highest BCUT2D eigenvalue weighted by Gasteiger charge is 2.05. The number of esters is 1. The molecule has 0 aliphatic carbocycles. The predicted molar refractivity (Wildman–Crippen MR) is 88.0 cm³/mol. The molecular weight excluding hydrogens is 298 g/mol. The smallest absolute Gasteiger partial charge is 0.309 e. The van der Waals surface area contributed by atoms with E-state index in [1.54, 1.807) is 24.3 Å². The second-order valence-corrected chi connectivity index (χ2v) is 5.65. The van der Waals surface area contributed by atoms with Crippen molar-refractivity contribution in [2.24, 2.45) is 0 Å².